The Kier molecular flexibility index (Phi) is 11.2. The van der Waals surface area contributed by atoms with Crippen LogP contribution >= 0.6 is 0 Å². The van der Waals surface area contributed by atoms with Gasteiger partial charge in [0.05, 0.1) is 26.4 Å². The van der Waals surface area contributed by atoms with Crippen molar-refractivity contribution in [1.82, 2.24) is 25.6 Å². The van der Waals surface area contributed by atoms with Crippen LogP contribution in [-0.4, -0.2) is 62.2 Å². The summed E-state index contributed by atoms with van der Waals surface area (Å²) in [7, 11) is -2.86. The Hall–Kier alpha value is -6.68. The third-order valence-corrected chi connectivity index (χ3v) is 10.8. The lowest BCUT2D eigenvalue weighted by Gasteiger charge is -2.16. The quantitative estimate of drug-likeness (QED) is 0.0728. The number of carbonyl (C=O) groups is 2. The highest BCUT2D eigenvalue weighted by atomic mass is 32.2. The number of anilines is 1. The summed E-state index contributed by atoms with van der Waals surface area (Å²) in [4.78, 5) is 24.1. The molecule has 14 nitrogen and oxygen atoms in total. The number of alkyl carbamates (subject to hydrolysis) is 1. The first-order chi connectivity index (χ1) is 27.5. The van der Waals surface area contributed by atoms with Crippen molar-refractivity contribution in [1.29, 1.82) is 0 Å². The Labute approximate surface area is 327 Å². The van der Waals surface area contributed by atoms with Gasteiger partial charge in [0.15, 0.2) is 17.2 Å². The highest BCUT2D eigenvalue weighted by Crippen LogP contribution is 2.44. The van der Waals surface area contributed by atoms with Gasteiger partial charge in [-0.2, -0.15) is 5.10 Å². The molecule has 0 saturated carbocycles. The zero-order chi connectivity index (χ0) is 40.1. The summed E-state index contributed by atoms with van der Waals surface area (Å²) in [6.45, 7) is 5.36. The second-order valence-electron chi connectivity index (χ2n) is 13.2. The van der Waals surface area contributed by atoms with E-state index in [0.717, 1.165) is 27.8 Å². The number of amides is 2. The average molecular weight is 795 g/mol. The first-order valence-electron chi connectivity index (χ1n) is 18.0. The van der Waals surface area contributed by atoms with Crippen LogP contribution in [0, 0.1) is 0 Å². The summed E-state index contributed by atoms with van der Waals surface area (Å²) in [6.07, 6.45) is 3.16. The monoisotopic (exact) mass is 794 g/mol. The van der Waals surface area contributed by atoms with Gasteiger partial charge in [0, 0.05) is 24.2 Å². The third kappa shape index (κ3) is 8.45. The zero-order valence-corrected chi connectivity index (χ0v) is 31.9. The van der Waals surface area contributed by atoms with E-state index >= 15 is 0 Å². The van der Waals surface area contributed by atoms with Crippen molar-refractivity contribution in [2.45, 2.75) is 37.2 Å². The number of hydrogen-bond acceptors (Lipinski definition) is 10. The first kappa shape index (κ1) is 38.6. The van der Waals surface area contributed by atoms with E-state index in [1.165, 1.54) is 19.4 Å². The fraction of sp³-hybridized carbons (Fsp3) is 0.220. The van der Waals surface area contributed by atoms with Crippen LogP contribution in [0.5, 0.6) is 11.5 Å². The number of rotatable bonds is 16. The number of fused-ring (bicyclic) bond motifs is 4. The van der Waals surface area contributed by atoms with Gasteiger partial charge < -0.3 is 29.4 Å². The van der Waals surface area contributed by atoms with Crippen molar-refractivity contribution >= 4 is 38.8 Å². The number of sulfonamides is 1. The lowest BCUT2D eigenvalue weighted by atomic mass is 9.98. The number of nitrogens with zero attached hydrogens (tertiary/aromatic N) is 3. The lowest BCUT2D eigenvalue weighted by Crippen LogP contribution is -2.30. The van der Waals surface area contributed by atoms with Gasteiger partial charge in [-0.3, -0.25) is 14.2 Å². The molecule has 0 atom stereocenters. The van der Waals surface area contributed by atoms with Crippen LogP contribution in [0.3, 0.4) is 0 Å². The summed E-state index contributed by atoms with van der Waals surface area (Å²) in [6, 6.07) is 24.4. The normalized spacial score (nSPS) is 12.1. The van der Waals surface area contributed by atoms with Crippen LogP contribution in [-0.2, 0) is 39.1 Å². The van der Waals surface area contributed by atoms with E-state index in [1.54, 1.807) is 35.1 Å². The molecule has 4 aromatic carbocycles. The summed E-state index contributed by atoms with van der Waals surface area (Å²) < 4.78 is 67.7. The Morgan fingerprint density at radius 2 is 1.68 bits per heavy atom. The second-order valence-corrected chi connectivity index (χ2v) is 14.8. The second kappa shape index (κ2) is 16.6. The van der Waals surface area contributed by atoms with Gasteiger partial charge in [0.25, 0.3) is 15.9 Å². The molecule has 0 fully saturated rings. The van der Waals surface area contributed by atoms with Crippen molar-refractivity contribution in [3.63, 3.8) is 0 Å². The number of benzene rings is 4. The van der Waals surface area contributed by atoms with Crippen molar-refractivity contribution in [2.24, 2.45) is 0 Å². The number of aromatic nitrogens is 3. The Bertz CT molecular complexity index is 2540. The van der Waals surface area contributed by atoms with Crippen LogP contribution in [0.15, 0.2) is 113 Å². The van der Waals surface area contributed by atoms with Gasteiger partial charge in [0.1, 0.15) is 35.0 Å². The molecule has 7 rings (SSSR count). The van der Waals surface area contributed by atoms with E-state index in [-0.39, 0.29) is 60.8 Å². The number of ether oxygens (including phenoxy) is 3. The highest BCUT2D eigenvalue weighted by Gasteiger charge is 2.29. The number of hydrogen-bond donors (Lipinski definition) is 3. The van der Waals surface area contributed by atoms with Gasteiger partial charge in [-0.1, -0.05) is 73.3 Å². The fourth-order valence-corrected chi connectivity index (χ4v) is 7.91. The molecule has 16 heteroatoms. The minimum atomic E-state index is -4.29. The first-order valence-corrected chi connectivity index (χ1v) is 19.5. The molecule has 1 aliphatic carbocycles. The van der Waals surface area contributed by atoms with Crippen molar-refractivity contribution in [3.05, 3.63) is 131 Å². The van der Waals surface area contributed by atoms with Gasteiger partial charge in [-0.25, -0.2) is 17.6 Å². The largest absolute Gasteiger partial charge is 0.496 e. The summed E-state index contributed by atoms with van der Waals surface area (Å²) in [5, 5.41) is 13.7. The molecule has 3 N–H and O–H groups in total. The SMILES string of the molecule is C=C(F)C(=O)NCc1cnn(Cc2cc(OC)c3c(NS(=O)(=O)c4cc(CC)ccc4OCCNC(=O)OCC4c5ccccc5-c5ccccc54)noc3c2)c1. The van der Waals surface area contributed by atoms with Crippen LogP contribution in [0.4, 0.5) is 15.0 Å². The molecule has 0 radical (unpaired) electrons. The van der Waals surface area contributed by atoms with Gasteiger partial charge in [0.2, 0.25) is 0 Å². The van der Waals surface area contributed by atoms with E-state index in [4.69, 9.17) is 18.7 Å². The molecule has 0 aliphatic heterocycles. The molecule has 0 bridgehead atoms. The Morgan fingerprint density at radius 3 is 2.39 bits per heavy atom. The molecule has 6 aromatic rings. The maximum absolute atomic E-state index is 13.9. The Balaban J connectivity index is 0.990. The van der Waals surface area contributed by atoms with E-state index in [1.807, 2.05) is 43.3 Å². The standard InChI is InChI=1S/C41H39FN6O8S/c1-4-26-13-14-34(54-16-15-43-41(50)55-24-33-31-11-7-5-9-29(31)30-10-6-8-12-32(30)33)37(19-26)57(51,52)47-39-38-35(53-3)17-27(18-36(38)56-46-39)22-48-23-28(21-45-48)20-44-40(49)25(2)42/h5-14,17-19,21,23,33H,2,4,15-16,20,22,24H2,1,3H3,(H,43,50)(H,44,49)(H,46,47). The van der Waals surface area contributed by atoms with Crippen molar-refractivity contribution in [3.8, 4) is 22.6 Å². The van der Waals surface area contributed by atoms with E-state index in [2.05, 4.69) is 44.3 Å². The highest BCUT2D eigenvalue weighted by molar-refractivity contribution is 7.92. The maximum atomic E-state index is 13.9. The van der Waals surface area contributed by atoms with Gasteiger partial charge in [-0.05, 0) is 64.1 Å². The van der Waals surface area contributed by atoms with Crippen LogP contribution < -0.4 is 24.8 Å². The zero-order valence-electron chi connectivity index (χ0n) is 31.1. The van der Waals surface area contributed by atoms with Gasteiger partial charge >= 0.3 is 6.09 Å². The average Bonchev–Trinajstić information content (AvgIpc) is 3.93. The number of carbonyl (C=O) groups excluding carboxylic acids is 2. The predicted octanol–water partition coefficient (Wildman–Crippen LogP) is 6.46. The van der Waals surface area contributed by atoms with Gasteiger partial charge in [-0.15, -0.1) is 0 Å². The molecule has 0 spiro atoms. The number of methoxy groups -OCH3 is 1. The summed E-state index contributed by atoms with van der Waals surface area (Å²) in [5.41, 5.74) is 6.79. The predicted molar refractivity (Wildman–Crippen MR) is 209 cm³/mol. The van der Waals surface area contributed by atoms with Crippen LogP contribution in [0.2, 0.25) is 0 Å². The molecule has 2 amide bonds. The van der Waals surface area contributed by atoms with Crippen molar-refractivity contribution < 1.29 is 41.1 Å². The molecule has 2 heterocycles. The molecule has 294 valence electrons. The van der Waals surface area contributed by atoms with Crippen LogP contribution in [0.25, 0.3) is 22.1 Å². The maximum Gasteiger partial charge on any atom is 0.407 e. The molecular weight excluding hydrogens is 756 g/mol. The van der Waals surface area contributed by atoms with Crippen molar-refractivity contribution in [2.75, 3.05) is 31.6 Å². The van der Waals surface area contributed by atoms with E-state index in [0.29, 0.717) is 28.7 Å². The lowest BCUT2D eigenvalue weighted by molar-refractivity contribution is -0.119. The molecule has 2 aromatic heterocycles. The van der Waals surface area contributed by atoms with E-state index in [9.17, 15) is 22.4 Å². The fourth-order valence-electron chi connectivity index (χ4n) is 6.71. The number of halogens is 1. The molecule has 57 heavy (non-hydrogen) atoms. The Morgan fingerprint density at radius 1 is 0.947 bits per heavy atom. The van der Waals surface area contributed by atoms with Crippen LogP contribution in [0.1, 0.15) is 40.7 Å². The molecule has 1 aliphatic rings. The smallest absolute Gasteiger partial charge is 0.407 e. The minimum Gasteiger partial charge on any atom is -0.496 e. The number of nitrogens with one attached hydrogen (secondary N) is 3. The summed E-state index contributed by atoms with van der Waals surface area (Å²) >= 11 is 0. The molecule has 0 unspecified atom stereocenters. The summed E-state index contributed by atoms with van der Waals surface area (Å²) in [5.74, 6) is -1.81. The molecular formula is C41H39FN6O8S. The van der Waals surface area contributed by atoms with E-state index < -0.39 is 27.9 Å². The molecule has 0 saturated heterocycles. The topological polar surface area (TPSA) is 176 Å². The third-order valence-electron chi connectivity index (χ3n) is 9.46. The minimum absolute atomic E-state index is 0.0402. The number of aryl methyl sites for hydroxylation is 1.